The van der Waals surface area contributed by atoms with Crippen molar-refractivity contribution in [2.45, 2.75) is 6.54 Å². The zero-order valence-corrected chi connectivity index (χ0v) is 32.4. The van der Waals surface area contributed by atoms with Gasteiger partial charge < -0.3 is 4.74 Å². The second-order valence-electron chi connectivity index (χ2n) is 13.6. The molecule has 0 aliphatic heterocycles. The molecule has 0 radical (unpaired) electrons. The number of hydrogen-bond acceptors (Lipinski definition) is 3. The van der Waals surface area contributed by atoms with E-state index in [-0.39, 0.29) is 0 Å². The number of ether oxygens (including phenoxy) is 1. The number of rotatable bonds is 9. The highest BCUT2D eigenvalue weighted by Gasteiger charge is 2.52. The monoisotopic (exact) mass is 983 g/mol. The number of hydrogen-bond donors (Lipinski definition) is 0. The summed E-state index contributed by atoms with van der Waals surface area (Å²) in [5, 5.41) is 3.58. The molecule has 0 unspecified atom stereocenters. The number of benzene rings is 6. The van der Waals surface area contributed by atoms with Crippen LogP contribution in [-0.4, -0.2) is 11.1 Å². The summed E-state index contributed by atoms with van der Waals surface area (Å²) in [4.78, 5) is 6.89. The Bertz CT molecular complexity index is 2830. The predicted octanol–water partition coefficient (Wildman–Crippen LogP) is 10.00. The fourth-order valence-corrected chi connectivity index (χ4v) is 7.02. The van der Waals surface area contributed by atoms with Crippen molar-refractivity contribution in [1.82, 2.24) is 4.98 Å². The first-order valence-corrected chi connectivity index (χ1v) is 18.0. The van der Waals surface area contributed by atoms with Crippen LogP contribution in [0.4, 0.5) is 93.5 Å². The van der Waals surface area contributed by atoms with E-state index in [0.29, 0.717) is 23.9 Å². The maximum absolute atomic E-state index is 15.4. The van der Waals surface area contributed by atoms with Crippen LogP contribution in [0.15, 0.2) is 78.3 Å². The molecule has 27 heteroatoms. The van der Waals surface area contributed by atoms with Gasteiger partial charge in [0.15, 0.2) is 82.5 Å². The van der Waals surface area contributed by atoms with Gasteiger partial charge in [0, 0.05) is 16.2 Å². The van der Waals surface area contributed by atoms with E-state index in [4.69, 9.17) is 10.3 Å². The van der Waals surface area contributed by atoms with E-state index in [0.717, 1.165) is 5.56 Å². The number of nitrogens with zero attached hydrogens (tertiary/aromatic N) is 5. The van der Waals surface area contributed by atoms with Crippen molar-refractivity contribution in [2.75, 3.05) is 0 Å². The molecule has 6 nitrogen and oxygen atoms in total. The van der Waals surface area contributed by atoms with Crippen LogP contribution < -0.4 is 31.2 Å². The van der Waals surface area contributed by atoms with Gasteiger partial charge in [-0.1, -0.05) is 47.6 Å². The average molecular weight is 983 g/mol. The first-order chi connectivity index (χ1) is 32.0. The van der Waals surface area contributed by atoms with Crippen molar-refractivity contribution in [2.24, 2.45) is 5.11 Å². The Morgan fingerprint density at radius 2 is 0.824 bits per heavy atom. The largest absolute Gasteiger partial charge is 0.404 e. The summed E-state index contributed by atoms with van der Waals surface area (Å²) >= 11 is 0. The van der Waals surface area contributed by atoms with Crippen LogP contribution in [-0.2, 0) is 6.54 Å². The zero-order chi connectivity index (χ0) is 50.3. The van der Waals surface area contributed by atoms with E-state index in [9.17, 15) is 52.7 Å². The number of aromatic nitrogens is 2. The molecule has 6 aromatic carbocycles. The van der Waals surface area contributed by atoms with Gasteiger partial charge in [-0.25, -0.2) is 92.8 Å². The molecule has 0 spiro atoms. The van der Waals surface area contributed by atoms with Crippen LogP contribution in [0.1, 0.15) is 5.56 Å². The van der Waals surface area contributed by atoms with Crippen LogP contribution in [0, 0.1) is 116 Å². The number of azide groups is 1. The van der Waals surface area contributed by atoms with Gasteiger partial charge in [-0.15, -0.1) is 21.9 Å². The van der Waals surface area contributed by atoms with E-state index in [1.165, 1.54) is 0 Å². The van der Waals surface area contributed by atoms with Gasteiger partial charge in [-0.2, -0.15) is 4.57 Å². The smallest absolute Gasteiger partial charge is 0.392 e. The van der Waals surface area contributed by atoms with Gasteiger partial charge in [0.25, 0.3) is 0 Å². The van der Waals surface area contributed by atoms with Crippen LogP contribution in [0.5, 0.6) is 11.6 Å². The minimum Gasteiger partial charge on any atom is -0.404 e. The van der Waals surface area contributed by atoms with E-state index >= 15 is 35.1 Å². The molecule has 0 aliphatic carbocycles. The topological polar surface area (TPSA) is 74.8 Å². The summed E-state index contributed by atoms with van der Waals surface area (Å²) in [6.45, 7) is 0.675. The molecule has 0 saturated heterocycles. The molecule has 0 saturated carbocycles. The average Bonchev–Trinajstić information content (AvgIpc) is 3.32. The Kier molecular flexibility index (Phi) is 14.0. The van der Waals surface area contributed by atoms with Crippen LogP contribution >= 0.6 is 0 Å². The fraction of sp³-hybridized carbons (Fsp3) is 0.0244. The third kappa shape index (κ3) is 8.21. The molecule has 0 atom stereocenters. The maximum atomic E-state index is 15.4. The first-order valence-electron chi connectivity index (χ1n) is 18.0. The van der Waals surface area contributed by atoms with Crippen molar-refractivity contribution in [3.8, 4) is 11.6 Å². The molecule has 0 fully saturated rings. The second-order valence-corrected chi connectivity index (χ2v) is 13.6. The predicted molar refractivity (Wildman–Crippen MR) is 195 cm³/mol. The van der Waals surface area contributed by atoms with Crippen molar-refractivity contribution < 1.29 is 97.1 Å². The third-order valence-corrected chi connectivity index (χ3v) is 9.90. The number of halogens is 20. The molecule has 7 aromatic rings. The van der Waals surface area contributed by atoms with Crippen molar-refractivity contribution in [3.63, 3.8) is 0 Å². The normalized spacial score (nSPS) is 11.3. The molecule has 1 heterocycles. The van der Waals surface area contributed by atoms with Gasteiger partial charge in [-0.3, -0.25) is 0 Å². The zero-order valence-electron chi connectivity index (χ0n) is 32.4. The van der Waals surface area contributed by atoms with Crippen LogP contribution in [0.2, 0.25) is 0 Å². The van der Waals surface area contributed by atoms with E-state index < -0.39 is 144 Å². The Hall–Kier alpha value is -7.83. The van der Waals surface area contributed by atoms with Crippen LogP contribution in [0.25, 0.3) is 10.4 Å². The highest BCUT2D eigenvalue weighted by Crippen LogP contribution is 2.31. The summed E-state index contributed by atoms with van der Waals surface area (Å²) in [5.41, 5.74) is -4.15. The second kappa shape index (κ2) is 19.2. The maximum Gasteiger partial charge on any atom is 0.392 e. The van der Waals surface area contributed by atoms with Gasteiger partial charge in [0.2, 0.25) is 0 Å². The standard InChI is InChI=1S/C24BF20.C17H14N5O/c26-5-1(6(27)14(35)21(42)13(5)34)25(2-7(28)15(36)22(43)16(37)8(2)29,3-9(30)17(38)23(44)18(39)10(3)31)4-11(32)19(40)24(45)20(41)12(4)33;18-21-20-15-7-4-8-16(11-15)23-17-12-19-9-10-22(17)13-14-5-2-1-3-6-14/h;1-12H,13H2/q-1;+1. The summed E-state index contributed by atoms with van der Waals surface area (Å²) in [6.07, 6.45) is -1.99. The molecule has 352 valence electrons. The molecule has 0 bridgehead atoms. The molecule has 68 heavy (non-hydrogen) atoms. The summed E-state index contributed by atoms with van der Waals surface area (Å²) < 4.78 is 302. The highest BCUT2D eigenvalue weighted by molar-refractivity contribution is 7.20. The summed E-state index contributed by atoms with van der Waals surface area (Å²) in [7, 11) is 0. The lowest BCUT2D eigenvalue weighted by molar-refractivity contribution is -0.692. The molecule has 0 aliphatic rings. The Labute approximate surface area is 364 Å². The third-order valence-electron chi connectivity index (χ3n) is 9.90. The molecule has 7 rings (SSSR count). The van der Waals surface area contributed by atoms with Gasteiger partial charge in [0.1, 0.15) is 64.6 Å². The van der Waals surface area contributed by atoms with E-state index in [1.807, 2.05) is 29.0 Å². The molecular weight excluding hydrogens is 969 g/mol. The van der Waals surface area contributed by atoms with Crippen molar-refractivity contribution in [3.05, 3.63) is 206 Å². The van der Waals surface area contributed by atoms with Crippen molar-refractivity contribution >= 4 is 33.7 Å². The van der Waals surface area contributed by atoms with Crippen LogP contribution in [0.3, 0.4) is 0 Å². The lowest BCUT2D eigenvalue weighted by atomic mass is 9.12. The van der Waals surface area contributed by atoms with Gasteiger partial charge >= 0.3 is 5.88 Å². The summed E-state index contributed by atoms with van der Waals surface area (Å²) in [5.74, 6) is -70.2. The molecular formula is C41H14BF20N5O. The lowest BCUT2D eigenvalue weighted by Crippen LogP contribution is -2.81. The SMILES string of the molecule is Fc1c(F)c(F)c([B-](c2c(F)c(F)c(F)c(F)c2F)(c2c(F)c(F)c(F)c(F)c2F)c2c(F)c(F)c(F)c(F)c2F)c(F)c1F.[N-]=[N+]=Nc1cccc(Oc2cncc[n+]2Cc2ccccc2)c1. The van der Waals surface area contributed by atoms with E-state index in [2.05, 4.69) is 27.1 Å². The highest BCUT2D eigenvalue weighted by atomic mass is 19.2. The minimum atomic E-state index is -7.22. The van der Waals surface area contributed by atoms with Gasteiger partial charge in [0.05, 0.1) is 6.20 Å². The fourth-order valence-electron chi connectivity index (χ4n) is 7.02. The Balaban J connectivity index is 0.000000276. The Morgan fingerprint density at radius 3 is 1.18 bits per heavy atom. The summed E-state index contributed by atoms with van der Waals surface area (Å²) in [6, 6.07) is 17.1. The first kappa shape index (κ1) is 49.6. The molecule has 0 amide bonds. The Morgan fingerprint density at radius 1 is 0.471 bits per heavy atom. The van der Waals surface area contributed by atoms with Crippen molar-refractivity contribution in [1.29, 1.82) is 0 Å². The van der Waals surface area contributed by atoms with E-state index in [1.54, 1.807) is 36.7 Å². The molecule has 0 N–H and O–H groups in total. The lowest BCUT2D eigenvalue weighted by Gasteiger charge is -2.44. The van der Waals surface area contributed by atoms with Gasteiger partial charge in [-0.05, 0) is 17.7 Å². The molecule has 1 aromatic heterocycles. The quantitative estimate of drug-likeness (QED) is 0.0211. The minimum absolute atomic E-state index is 0.503.